The van der Waals surface area contributed by atoms with E-state index in [1.165, 1.54) is 19.2 Å². The number of carbonyl (C=O) groups excluding carboxylic acids is 1. The van der Waals surface area contributed by atoms with Gasteiger partial charge in [-0.3, -0.25) is 4.79 Å². The molecule has 4 rings (SSSR count). The Hall–Kier alpha value is -2.46. The Morgan fingerprint density at radius 3 is 2.53 bits per heavy atom. The van der Waals surface area contributed by atoms with Crippen LogP contribution in [0, 0.1) is 5.92 Å². The SMILES string of the molecule is COc1ccc(C(=O)NC(c2nc(C3CC3)no2)C(C)C)cc1S(=O)(=O)NC1CCCC1. The minimum absolute atomic E-state index is 0.00284. The minimum Gasteiger partial charge on any atom is -0.495 e. The lowest BCUT2D eigenvalue weighted by Gasteiger charge is -2.19. The third-order valence-corrected chi connectivity index (χ3v) is 7.55. The maximum Gasteiger partial charge on any atom is 0.251 e. The van der Waals surface area contributed by atoms with E-state index in [-0.39, 0.29) is 28.2 Å². The topological polar surface area (TPSA) is 123 Å². The number of benzene rings is 1. The van der Waals surface area contributed by atoms with Crippen LogP contribution in [0.3, 0.4) is 0 Å². The van der Waals surface area contributed by atoms with Crippen molar-refractivity contribution in [2.75, 3.05) is 7.11 Å². The molecule has 1 unspecified atom stereocenters. The molecular formula is C22H30N4O5S. The third-order valence-electron chi connectivity index (χ3n) is 6.01. The Labute approximate surface area is 188 Å². The number of nitrogens with one attached hydrogen (secondary N) is 2. The van der Waals surface area contributed by atoms with Crippen molar-refractivity contribution in [1.82, 2.24) is 20.2 Å². The molecule has 0 spiro atoms. The maximum absolute atomic E-state index is 13.1. The average molecular weight is 463 g/mol. The fourth-order valence-corrected chi connectivity index (χ4v) is 5.47. The van der Waals surface area contributed by atoms with Gasteiger partial charge in [-0.05, 0) is 49.8 Å². The summed E-state index contributed by atoms with van der Waals surface area (Å²) in [4.78, 5) is 17.5. The van der Waals surface area contributed by atoms with E-state index in [0.29, 0.717) is 17.6 Å². The van der Waals surface area contributed by atoms with Crippen molar-refractivity contribution in [3.8, 4) is 5.75 Å². The van der Waals surface area contributed by atoms with Crippen molar-refractivity contribution in [3.05, 3.63) is 35.5 Å². The van der Waals surface area contributed by atoms with Crippen LogP contribution < -0.4 is 14.8 Å². The number of sulfonamides is 1. The predicted octanol–water partition coefficient (Wildman–Crippen LogP) is 3.30. The summed E-state index contributed by atoms with van der Waals surface area (Å²) in [6, 6.07) is 3.82. The summed E-state index contributed by atoms with van der Waals surface area (Å²) in [6.07, 6.45) is 5.73. The highest BCUT2D eigenvalue weighted by atomic mass is 32.2. The summed E-state index contributed by atoms with van der Waals surface area (Å²) >= 11 is 0. The number of carbonyl (C=O) groups is 1. The molecule has 0 bridgehead atoms. The number of rotatable bonds is 9. The first-order valence-corrected chi connectivity index (χ1v) is 12.6. The fourth-order valence-electron chi connectivity index (χ4n) is 3.97. The van der Waals surface area contributed by atoms with E-state index < -0.39 is 22.0 Å². The van der Waals surface area contributed by atoms with Crippen molar-refractivity contribution in [1.29, 1.82) is 0 Å². The second-order valence-corrected chi connectivity index (χ2v) is 10.6. The van der Waals surface area contributed by atoms with Crippen LogP contribution in [0.2, 0.25) is 0 Å². The van der Waals surface area contributed by atoms with Gasteiger partial charge in [0, 0.05) is 17.5 Å². The van der Waals surface area contributed by atoms with Gasteiger partial charge in [-0.2, -0.15) is 4.98 Å². The number of methoxy groups -OCH3 is 1. The average Bonchev–Trinajstić information content (AvgIpc) is 3.27. The molecule has 174 valence electrons. The maximum atomic E-state index is 13.1. The number of hydrogen-bond acceptors (Lipinski definition) is 7. The Bertz CT molecular complexity index is 1070. The van der Waals surface area contributed by atoms with E-state index >= 15 is 0 Å². The molecule has 1 amide bonds. The minimum atomic E-state index is -3.83. The van der Waals surface area contributed by atoms with Crippen LogP contribution in [0.1, 0.15) is 86.4 Å². The lowest BCUT2D eigenvalue weighted by molar-refractivity contribution is 0.0913. The summed E-state index contributed by atoms with van der Waals surface area (Å²) in [6.45, 7) is 3.89. The Morgan fingerprint density at radius 2 is 1.91 bits per heavy atom. The number of aromatic nitrogens is 2. The predicted molar refractivity (Wildman–Crippen MR) is 117 cm³/mol. The number of nitrogens with zero attached hydrogens (tertiary/aromatic N) is 2. The van der Waals surface area contributed by atoms with Gasteiger partial charge in [0.2, 0.25) is 15.9 Å². The number of amides is 1. The molecule has 2 saturated carbocycles. The quantitative estimate of drug-likeness (QED) is 0.586. The van der Waals surface area contributed by atoms with Crippen molar-refractivity contribution in [2.45, 2.75) is 75.3 Å². The molecule has 0 saturated heterocycles. The van der Waals surface area contributed by atoms with Crippen molar-refractivity contribution >= 4 is 15.9 Å². The van der Waals surface area contributed by atoms with Gasteiger partial charge in [0.1, 0.15) is 16.7 Å². The van der Waals surface area contributed by atoms with E-state index in [2.05, 4.69) is 20.2 Å². The first-order valence-electron chi connectivity index (χ1n) is 11.1. The first-order chi connectivity index (χ1) is 15.3. The molecule has 2 fully saturated rings. The lowest BCUT2D eigenvalue weighted by Crippen LogP contribution is -2.34. The van der Waals surface area contributed by atoms with Crippen LogP contribution >= 0.6 is 0 Å². The van der Waals surface area contributed by atoms with Crippen molar-refractivity contribution in [2.24, 2.45) is 5.92 Å². The van der Waals surface area contributed by atoms with Crippen LogP contribution in [0.4, 0.5) is 0 Å². The van der Waals surface area contributed by atoms with Crippen LogP contribution in [0.15, 0.2) is 27.6 Å². The fraction of sp³-hybridized carbons (Fsp3) is 0.591. The Balaban J connectivity index is 1.56. The van der Waals surface area contributed by atoms with E-state index in [0.717, 1.165) is 38.5 Å². The van der Waals surface area contributed by atoms with Gasteiger partial charge >= 0.3 is 0 Å². The Kier molecular flexibility index (Phi) is 6.52. The summed E-state index contributed by atoms with van der Waals surface area (Å²) < 4.78 is 39.4. The summed E-state index contributed by atoms with van der Waals surface area (Å²) in [5.41, 5.74) is 0.213. The summed E-state index contributed by atoms with van der Waals surface area (Å²) in [5.74, 6) is 1.15. The molecule has 2 aliphatic rings. The smallest absolute Gasteiger partial charge is 0.251 e. The molecule has 1 aromatic carbocycles. The zero-order valence-corrected chi connectivity index (χ0v) is 19.4. The van der Waals surface area contributed by atoms with Gasteiger partial charge < -0.3 is 14.6 Å². The summed E-state index contributed by atoms with van der Waals surface area (Å²) in [5, 5.41) is 6.96. The molecule has 0 radical (unpaired) electrons. The van der Waals surface area contributed by atoms with E-state index in [9.17, 15) is 13.2 Å². The molecule has 2 aliphatic carbocycles. The molecule has 0 aliphatic heterocycles. The molecule has 2 aromatic rings. The van der Waals surface area contributed by atoms with Crippen LogP contribution in [-0.2, 0) is 10.0 Å². The van der Waals surface area contributed by atoms with Gasteiger partial charge in [-0.25, -0.2) is 13.1 Å². The molecule has 2 N–H and O–H groups in total. The van der Waals surface area contributed by atoms with Gasteiger partial charge in [0.15, 0.2) is 5.82 Å². The van der Waals surface area contributed by atoms with Crippen LogP contribution in [0.5, 0.6) is 5.75 Å². The highest BCUT2D eigenvalue weighted by Crippen LogP contribution is 2.38. The molecule has 32 heavy (non-hydrogen) atoms. The zero-order valence-electron chi connectivity index (χ0n) is 18.6. The monoisotopic (exact) mass is 462 g/mol. The lowest BCUT2D eigenvalue weighted by atomic mass is 10.0. The van der Waals surface area contributed by atoms with Crippen LogP contribution in [-0.4, -0.2) is 37.6 Å². The molecule has 9 nitrogen and oxygen atoms in total. The standard InChI is InChI=1S/C22H30N4O5S/c1-13(2)19(22-24-20(25-31-22)14-8-9-14)23-21(27)15-10-11-17(30-3)18(12-15)32(28,29)26-16-6-4-5-7-16/h10-14,16,19,26H,4-9H2,1-3H3,(H,23,27). The van der Waals surface area contributed by atoms with E-state index in [1.807, 2.05) is 13.8 Å². The summed E-state index contributed by atoms with van der Waals surface area (Å²) in [7, 11) is -2.43. The van der Waals surface area contributed by atoms with E-state index in [4.69, 9.17) is 9.26 Å². The normalized spacial score (nSPS) is 18.1. The molecule has 1 heterocycles. The van der Waals surface area contributed by atoms with Crippen molar-refractivity contribution in [3.63, 3.8) is 0 Å². The van der Waals surface area contributed by atoms with Gasteiger partial charge in [0.25, 0.3) is 5.91 Å². The van der Waals surface area contributed by atoms with Gasteiger partial charge in [0.05, 0.1) is 7.11 Å². The van der Waals surface area contributed by atoms with Crippen LogP contribution in [0.25, 0.3) is 0 Å². The van der Waals surface area contributed by atoms with E-state index in [1.54, 1.807) is 6.07 Å². The number of ether oxygens (including phenoxy) is 1. The zero-order chi connectivity index (χ0) is 22.9. The first kappa shape index (κ1) is 22.7. The highest BCUT2D eigenvalue weighted by Gasteiger charge is 2.32. The van der Waals surface area contributed by atoms with Gasteiger partial charge in [-0.15, -0.1) is 0 Å². The highest BCUT2D eigenvalue weighted by molar-refractivity contribution is 7.89. The largest absolute Gasteiger partial charge is 0.495 e. The molecule has 1 aromatic heterocycles. The number of hydrogen-bond donors (Lipinski definition) is 2. The van der Waals surface area contributed by atoms with Crippen molar-refractivity contribution < 1.29 is 22.5 Å². The molecule has 10 heteroatoms. The third kappa shape index (κ3) is 4.96. The second-order valence-electron chi connectivity index (χ2n) is 8.93. The van der Waals surface area contributed by atoms with Gasteiger partial charge in [-0.1, -0.05) is 31.8 Å². The molecular weight excluding hydrogens is 432 g/mol. The molecule has 1 atom stereocenters. The second kappa shape index (κ2) is 9.19. The Morgan fingerprint density at radius 1 is 1.19 bits per heavy atom.